The zero-order chi connectivity index (χ0) is 13.4. The molecule has 0 aliphatic heterocycles. The van der Waals surface area contributed by atoms with Gasteiger partial charge >= 0.3 is 0 Å². The molecule has 20 heavy (non-hydrogen) atoms. The molecular formula is C16H13N3S. The van der Waals surface area contributed by atoms with Crippen molar-refractivity contribution in [3.8, 4) is 0 Å². The van der Waals surface area contributed by atoms with E-state index < -0.39 is 0 Å². The third-order valence-corrected chi connectivity index (χ3v) is 4.14. The fourth-order valence-electron chi connectivity index (χ4n) is 2.35. The van der Waals surface area contributed by atoms with Crippen molar-refractivity contribution in [2.24, 2.45) is 0 Å². The molecule has 4 aromatic rings. The van der Waals surface area contributed by atoms with E-state index in [0.29, 0.717) is 0 Å². The van der Waals surface area contributed by atoms with Crippen molar-refractivity contribution in [3.05, 3.63) is 65.9 Å². The van der Waals surface area contributed by atoms with Gasteiger partial charge in [0, 0.05) is 23.5 Å². The van der Waals surface area contributed by atoms with Crippen LogP contribution in [0.3, 0.4) is 0 Å². The van der Waals surface area contributed by atoms with E-state index in [1.165, 1.54) is 10.8 Å². The topological polar surface area (TPSA) is 29.3 Å². The first kappa shape index (κ1) is 11.5. The highest BCUT2D eigenvalue weighted by Gasteiger charge is 2.02. The summed E-state index contributed by atoms with van der Waals surface area (Å²) in [5.41, 5.74) is 2.19. The molecular weight excluding hydrogens is 266 g/mol. The van der Waals surface area contributed by atoms with Crippen LogP contribution in [0.2, 0.25) is 0 Å². The van der Waals surface area contributed by atoms with Crippen molar-refractivity contribution < 1.29 is 0 Å². The molecule has 0 fully saturated rings. The molecule has 0 amide bonds. The van der Waals surface area contributed by atoms with Crippen molar-refractivity contribution in [3.63, 3.8) is 0 Å². The molecule has 0 unspecified atom stereocenters. The fraction of sp³-hybridized carbons (Fsp3) is 0.0625. The average molecular weight is 279 g/mol. The van der Waals surface area contributed by atoms with Crippen LogP contribution in [-0.4, -0.2) is 9.38 Å². The fourth-order valence-corrected chi connectivity index (χ4v) is 3.07. The van der Waals surface area contributed by atoms with Gasteiger partial charge in [-0.2, -0.15) is 0 Å². The minimum atomic E-state index is 0.743. The number of hydrogen-bond acceptors (Lipinski definition) is 3. The number of nitrogens with zero attached hydrogens (tertiary/aromatic N) is 2. The van der Waals surface area contributed by atoms with E-state index in [4.69, 9.17) is 0 Å². The number of imidazole rings is 1. The summed E-state index contributed by atoms with van der Waals surface area (Å²) in [6.45, 7) is 0.743. The Bertz CT molecular complexity index is 847. The molecule has 0 aliphatic carbocycles. The molecule has 0 aliphatic rings. The van der Waals surface area contributed by atoms with Gasteiger partial charge in [0.25, 0.3) is 0 Å². The Morgan fingerprint density at radius 2 is 2.00 bits per heavy atom. The monoisotopic (exact) mass is 279 g/mol. The summed E-state index contributed by atoms with van der Waals surface area (Å²) in [6.07, 6.45) is 4.10. The van der Waals surface area contributed by atoms with Gasteiger partial charge in [0.2, 0.25) is 0 Å². The van der Waals surface area contributed by atoms with Gasteiger partial charge in [0.15, 0.2) is 4.96 Å². The van der Waals surface area contributed by atoms with Gasteiger partial charge in [-0.1, -0.05) is 30.3 Å². The molecule has 0 saturated heterocycles. The van der Waals surface area contributed by atoms with E-state index in [1.807, 2.05) is 11.6 Å². The van der Waals surface area contributed by atoms with E-state index in [2.05, 4.69) is 63.4 Å². The second kappa shape index (κ2) is 4.65. The number of rotatable bonds is 3. The van der Waals surface area contributed by atoms with Gasteiger partial charge in [0.05, 0.1) is 12.2 Å². The molecule has 2 aromatic heterocycles. The van der Waals surface area contributed by atoms with E-state index in [0.717, 1.165) is 22.9 Å². The predicted molar refractivity (Wildman–Crippen MR) is 84.3 cm³/mol. The van der Waals surface area contributed by atoms with Crippen LogP contribution in [0.25, 0.3) is 15.7 Å². The summed E-state index contributed by atoms with van der Waals surface area (Å²) in [5, 5.41) is 7.99. The first-order valence-corrected chi connectivity index (χ1v) is 7.40. The van der Waals surface area contributed by atoms with Crippen molar-refractivity contribution in [2.75, 3.05) is 5.32 Å². The largest absolute Gasteiger partial charge is 0.379 e. The molecule has 4 heteroatoms. The second-order valence-electron chi connectivity index (χ2n) is 4.74. The highest BCUT2D eigenvalue weighted by Crippen LogP contribution is 2.19. The Balaban J connectivity index is 1.56. The molecule has 0 bridgehead atoms. The minimum Gasteiger partial charge on any atom is -0.379 e. The highest BCUT2D eigenvalue weighted by atomic mass is 32.1. The zero-order valence-electron chi connectivity index (χ0n) is 10.8. The highest BCUT2D eigenvalue weighted by molar-refractivity contribution is 7.15. The van der Waals surface area contributed by atoms with Crippen LogP contribution in [0.1, 0.15) is 5.69 Å². The molecule has 4 rings (SSSR count). The van der Waals surface area contributed by atoms with E-state index in [1.54, 1.807) is 11.3 Å². The lowest BCUT2D eigenvalue weighted by atomic mass is 10.1. The van der Waals surface area contributed by atoms with Crippen LogP contribution < -0.4 is 5.32 Å². The predicted octanol–water partition coefficient (Wildman–Crippen LogP) is 4.16. The van der Waals surface area contributed by atoms with Gasteiger partial charge in [0.1, 0.15) is 0 Å². The molecule has 0 saturated carbocycles. The lowest BCUT2D eigenvalue weighted by Crippen LogP contribution is -1.99. The maximum atomic E-state index is 4.57. The van der Waals surface area contributed by atoms with Crippen LogP contribution >= 0.6 is 11.3 Å². The summed E-state index contributed by atoms with van der Waals surface area (Å²) in [4.78, 5) is 5.61. The first-order valence-electron chi connectivity index (χ1n) is 6.52. The Kier molecular flexibility index (Phi) is 2.67. The van der Waals surface area contributed by atoms with Crippen LogP contribution in [-0.2, 0) is 6.54 Å². The van der Waals surface area contributed by atoms with Crippen molar-refractivity contribution in [2.45, 2.75) is 6.54 Å². The normalized spacial score (nSPS) is 11.2. The van der Waals surface area contributed by atoms with Crippen molar-refractivity contribution in [1.29, 1.82) is 0 Å². The lowest BCUT2D eigenvalue weighted by Gasteiger charge is -2.06. The summed E-state index contributed by atoms with van der Waals surface area (Å²) in [7, 11) is 0. The van der Waals surface area contributed by atoms with Gasteiger partial charge in [-0.05, 0) is 22.9 Å². The van der Waals surface area contributed by atoms with Crippen LogP contribution in [0.5, 0.6) is 0 Å². The van der Waals surface area contributed by atoms with Gasteiger partial charge in [-0.15, -0.1) is 11.3 Å². The molecule has 0 atom stereocenters. The number of aromatic nitrogens is 2. The number of benzene rings is 2. The maximum Gasteiger partial charge on any atom is 0.193 e. The Morgan fingerprint density at radius 3 is 2.90 bits per heavy atom. The smallest absolute Gasteiger partial charge is 0.193 e. The SMILES string of the molecule is c1ccc2cc(NCc3cn4ccsc4n3)ccc2c1. The van der Waals surface area contributed by atoms with E-state index >= 15 is 0 Å². The molecule has 2 heterocycles. The molecule has 98 valence electrons. The van der Waals surface area contributed by atoms with Crippen LogP contribution in [0.15, 0.2) is 60.2 Å². The molecule has 2 aromatic carbocycles. The Labute approximate surface area is 120 Å². The maximum absolute atomic E-state index is 4.57. The van der Waals surface area contributed by atoms with Crippen LogP contribution in [0, 0.1) is 0 Å². The molecule has 0 radical (unpaired) electrons. The van der Waals surface area contributed by atoms with Gasteiger partial charge in [-0.25, -0.2) is 4.98 Å². The molecule has 0 spiro atoms. The third kappa shape index (κ3) is 2.04. The average Bonchev–Trinajstić information content (AvgIpc) is 3.06. The van der Waals surface area contributed by atoms with E-state index in [-0.39, 0.29) is 0 Å². The third-order valence-electron chi connectivity index (χ3n) is 3.37. The Morgan fingerprint density at radius 1 is 1.10 bits per heavy atom. The van der Waals surface area contributed by atoms with Crippen LogP contribution in [0.4, 0.5) is 5.69 Å². The quantitative estimate of drug-likeness (QED) is 0.610. The zero-order valence-corrected chi connectivity index (χ0v) is 11.6. The lowest BCUT2D eigenvalue weighted by molar-refractivity contribution is 1.08. The minimum absolute atomic E-state index is 0.743. The summed E-state index contributed by atoms with van der Waals surface area (Å²) < 4.78 is 2.06. The molecule has 1 N–H and O–H groups in total. The number of fused-ring (bicyclic) bond motifs is 2. The number of anilines is 1. The summed E-state index contributed by atoms with van der Waals surface area (Å²) in [6, 6.07) is 14.8. The van der Waals surface area contributed by atoms with Gasteiger partial charge in [-0.3, -0.25) is 4.40 Å². The summed E-state index contributed by atoms with van der Waals surface area (Å²) >= 11 is 1.66. The number of nitrogens with one attached hydrogen (secondary N) is 1. The Hall–Kier alpha value is -2.33. The molecule has 3 nitrogen and oxygen atoms in total. The van der Waals surface area contributed by atoms with Crippen molar-refractivity contribution in [1.82, 2.24) is 9.38 Å². The van der Waals surface area contributed by atoms with Crippen molar-refractivity contribution >= 4 is 32.8 Å². The van der Waals surface area contributed by atoms with Gasteiger partial charge < -0.3 is 5.32 Å². The first-order chi connectivity index (χ1) is 9.88. The van der Waals surface area contributed by atoms with E-state index in [9.17, 15) is 0 Å². The summed E-state index contributed by atoms with van der Waals surface area (Å²) in [5.74, 6) is 0. The standard InChI is InChI=1S/C16H13N3S/c1-2-4-13-9-14(6-5-12(13)3-1)17-10-15-11-19-7-8-20-16(19)18-15/h1-9,11,17H,10H2. The number of hydrogen-bond donors (Lipinski definition) is 1. The second-order valence-corrected chi connectivity index (χ2v) is 5.61. The number of thiazole rings is 1.